The van der Waals surface area contributed by atoms with Crippen LogP contribution in [0.1, 0.15) is 41.0 Å². The Balaban J connectivity index is 1.44. The van der Waals surface area contributed by atoms with E-state index in [1.165, 1.54) is 4.31 Å². The van der Waals surface area contributed by atoms with Crippen molar-refractivity contribution in [1.29, 1.82) is 0 Å². The number of carbonyl (C=O) groups is 1. The minimum atomic E-state index is -3.83. The molecule has 4 rings (SSSR count). The summed E-state index contributed by atoms with van der Waals surface area (Å²) in [5, 5.41) is 7.37. The molecule has 1 aromatic heterocycles. The van der Waals surface area contributed by atoms with Crippen molar-refractivity contribution in [3.8, 4) is 0 Å². The van der Waals surface area contributed by atoms with Crippen LogP contribution in [-0.4, -0.2) is 36.9 Å². The Morgan fingerprint density at radius 3 is 2.43 bits per heavy atom. The lowest BCUT2D eigenvalue weighted by atomic mass is 9.97. The summed E-state index contributed by atoms with van der Waals surface area (Å²) >= 11 is 6.15. The lowest BCUT2D eigenvalue weighted by Crippen LogP contribution is -2.41. The summed E-state index contributed by atoms with van der Waals surface area (Å²) < 4.78 is 33.7. The lowest BCUT2D eigenvalue weighted by Gasteiger charge is -2.30. The highest BCUT2D eigenvalue weighted by Crippen LogP contribution is 2.30. The number of hydrogen-bond acceptors (Lipinski definition) is 5. The van der Waals surface area contributed by atoms with Gasteiger partial charge in [-0.15, -0.1) is 0 Å². The Bertz CT molecular complexity index is 1360. The van der Waals surface area contributed by atoms with Gasteiger partial charge in [-0.25, -0.2) is 8.42 Å². The van der Waals surface area contributed by atoms with E-state index in [2.05, 4.69) is 10.5 Å². The second kappa shape index (κ2) is 10.4. The number of aromatic nitrogens is 1. The smallest absolute Gasteiger partial charge is 0.248 e. The fraction of sp³-hybridized carbons (Fsp3) is 0.308. The summed E-state index contributed by atoms with van der Waals surface area (Å²) in [6, 6.07) is 13.2. The van der Waals surface area contributed by atoms with Crippen LogP contribution >= 0.6 is 11.6 Å². The second-order valence-corrected chi connectivity index (χ2v) is 11.1. The number of carbonyl (C=O) groups excluding carboxylic acids is 1. The van der Waals surface area contributed by atoms with E-state index in [0.29, 0.717) is 29.2 Å². The Morgan fingerprint density at radius 1 is 1.09 bits per heavy atom. The summed E-state index contributed by atoms with van der Waals surface area (Å²) in [4.78, 5) is 12.8. The first-order valence-corrected chi connectivity index (χ1v) is 13.2. The van der Waals surface area contributed by atoms with Crippen LogP contribution < -0.4 is 5.32 Å². The van der Waals surface area contributed by atoms with Gasteiger partial charge in [0, 0.05) is 29.7 Å². The molecule has 1 aliphatic rings. The lowest BCUT2D eigenvalue weighted by molar-refractivity contribution is -0.120. The van der Waals surface area contributed by atoms with Gasteiger partial charge in [0.15, 0.2) is 10.7 Å². The molecule has 35 heavy (non-hydrogen) atoms. The quantitative estimate of drug-likeness (QED) is 0.472. The third kappa shape index (κ3) is 5.66. The van der Waals surface area contributed by atoms with Gasteiger partial charge in [0.1, 0.15) is 5.69 Å². The van der Waals surface area contributed by atoms with Crippen LogP contribution in [0.25, 0.3) is 12.2 Å². The van der Waals surface area contributed by atoms with Crippen molar-refractivity contribution in [2.45, 2.75) is 38.5 Å². The normalized spacial score (nSPS) is 15.5. The number of benzene rings is 2. The van der Waals surface area contributed by atoms with E-state index in [1.807, 2.05) is 44.2 Å². The maximum atomic E-state index is 13.5. The number of nitrogens with one attached hydrogen (secondary N) is 1. The van der Waals surface area contributed by atoms with Gasteiger partial charge in [-0.1, -0.05) is 58.7 Å². The first-order chi connectivity index (χ1) is 16.6. The molecule has 1 saturated heterocycles. The van der Waals surface area contributed by atoms with Crippen molar-refractivity contribution in [1.82, 2.24) is 9.46 Å². The number of amides is 1. The van der Waals surface area contributed by atoms with Gasteiger partial charge in [0.05, 0.1) is 0 Å². The molecule has 184 valence electrons. The predicted molar refractivity (Wildman–Crippen MR) is 138 cm³/mol. The second-order valence-electron chi connectivity index (χ2n) is 8.84. The summed E-state index contributed by atoms with van der Waals surface area (Å²) in [7, 11) is -3.83. The molecule has 1 fully saturated rings. The molecule has 2 heterocycles. The fourth-order valence-electron chi connectivity index (χ4n) is 4.05. The van der Waals surface area contributed by atoms with Crippen LogP contribution in [0.2, 0.25) is 5.02 Å². The Morgan fingerprint density at radius 2 is 1.77 bits per heavy atom. The number of halogens is 1. The van der Waals surface area contributed by atoms with Crippen molar-refractivity contribution >= 4 is 45.4 Å². The van der Waals surface area contributed by atoms with Crippen molar-refractivity contribution in [2.75, 3.05) is 18.4 Å². The van der Waals surface area contributed by atoms with Crippen LogP contribution in [0.15, 0.2) is 51.9 Å². The molecule has 1 amide bonds. The van der Waals surface area contributed by atoms with Gasteiger partial charge in [-0.05, 0) is 62.9 Å². The van der Waals surface area contributed by atoms with E-state index in [9.17, 15) is 13.2 Å². The molecule has 7 nitrogen and oxygen atoms in total. The molecule has 1 N–H and O–H groups in total. The maximum Gasteiger partial charge on any atom is 0.248 e. The SMILES string of the molecule is Cc1ccc(C=Cc2onc(C)c2S(=O)(=O)N2CCC(C(=O)Nc3ccc(C)c(Cl)c3)CC2)cc1. The summed E-state index contributed by atoms with van der Waals surface area (Å²) in [6.07, 6.45) is 4.27. The van der Waals surface area contributed by atoms with Gasteiger partial charge in [-0.3, -0.25) is 4.79 Å². The van der Waals surface area contributed by atoms with Crippen molar-refractivity contribution in [2.24, 2.45) is 5.92 Å². The maximum absolute atomic E-state index is 13.5. The number of anilines is 1. The molecule has 1 aliphatic heterocycles. The van der Waals surface area contributed by atoms with Gasteiger partial charge < -0.3 is 9.84 Å². The van der Waals surface area contributed by atoms with E-state index in [1.54, 1.807) is 31.2 Å². The molecule has 0 saturated carbocycles. The van der Waals surface area contributed by atoms with Crippen LogP contribution in [-0.2, 0) is 14.8 Å². The van der Waals surface area contributed by atoms with Crippen LogP contribution in [0.5, 0.6) is 0 Å². The van der Waals surface area contributed by atoms with Gasteiger partial charge >= 0.3 is 0 Å². The third-order valence-corrected chi connectivity index (χ3v) is 8.66. The van der Waals surface area contributed by atoms with Crippen molar-refractivity contribution in [3.05, 3.63) is 75.6 Å². The van der Waals surface area contributed by atoms with E-state index < -0.39 is 10.0 Å². The van der Waals surface area contributed by atoms with E-state index in [4.69, 9.17) is 16.1 Å². The summed E-state index contributed by atoms with van der Waals surface area (Å²) in [6.45, 7) is 5.99. The molecule has 0 radical (unpaired) electrons. The van der Waals surface area contributed by atoms with E-state index in [0.717, 1.165) is 16.7 Å². The average molecular weight is 514 g/mol. The molecular weight excluding hydrogens is 486 g/mol. The number of rotatable bonds is 6. The number of piperidine rings is 1. The van der Waals surface area contributed by atoms with E-state index >= 15 is 0 Å². The molecule has 0 atom stereocenters. The van der Waals surface area contributed by atoms with E-state index in [-0.39, 0.29) is 35.6 Å². The summed E-state index contributed by atoms with van der Waals surface area (Å²) in [5.74, 6) is -0.227. The molecule has 0 bridgehead atoms. The molecule has 9 heteroatoms. The highest BCUT2D eigenvalue weighted by Gasteiger charge is 2.36. The topological polar surface area (TPSA) is 92.5 Å². The first kappa shape index (κ1) is 25.2. The molecule has 0 aliphatic carbocycles. The Labute approximate surface area is 210 Å². The largest absolute Gasteiger partial charge is 0.355 e. The zero-order chi connectivity index (χ0) is 25.2. The Kier molecular flexibility index (Phi) is 7.44. The monoisotopic (exact) mass is 513 g/mol. The zero-order valence-electron chi connectivity index (χ0n) is 19.9. The van der Waals surface area contributed by atoms with Crippen LogP contribution in [0, 0.1) is 26.7 Å². The first-order valence-electron chi connectivity index (χ1n) is 11.4. The predicted octanol–water partition coefficient (Wildman–Crippen LogP) is 5.46. The Hall–Kier alpha value is -2.94. The average Bonchev–Trinajstić information content (AvgIpc) is 3.22. The highest BCUT2D eigenvalue weighted by atomic mass is 35.5. The zero-order valence-corrected chi connectivity index (χ0v) is 21.5. The standard InChI is InChI=1S/C26H28ClN3O4S/c1-17-4-7-20(8-5-17)9-11-24-25(19(3)29-34-24)35(32,33)30-14-12-21(13-15-30)26(31)28-22-10-6-18(2)23(27)16-22/h4-11,16,21H,12-15H2,1-3H3,(H,28,31). The summed E-state index contributed by atoms with van der Waals surface area (Å²) in [5.41, 5.74) is 3.94. The molecule has 2 aromatic carbocycles. The number of sulfonamides is 1. The van der Waals surface area contributed by atoms with Crippen LogP contribution in [0.4, 0.5) is 5.69 Å². The molecule has 3 aromatic rings. The number of nitrogens with zero attached hydrogens (tertiary/aromatic N) is 2. The van der Waals surface area contributed by atoms with Gasteiger partial charge in [-0.2, -0.15) is 4.31 Å². The van der Waals surface area contributed by atoms with Gasteiger partial charge in [0.2, 0.25) is 15.9 Å². The minimum Gasteiger partial charge on any atom is -0.355 e. The molecule has 0 unspecified atom stereocenters. The third-order valence-electron chi connectivity index (χ3n) is 6.20. The van der Waals surface area contributed by atoms with Crippen molar-refractivity contribution < 1.29 is 17.7 Å². The molecule has 0 spiro atoms. The minimum absolute atomic E-state index is 0.0676. The molecular formula is C26H28ClN3O4S. The van der Waals surface area contributed by atoms with Crippen LogP contribution in [0.3, 0.4) is 0 Å². The van der Waals surface area contributed by atoms with Crippen molar-refractivity contribution in [3.63, 3.8) is 0 Å². The highest BCUT2D eigenvalue weighted by molar-refractivity contribution is 7.89. The number of aryl methyl sites for hydroxylation is 3. The fourth-order valence-corrected chi connectivity index (χ4v) is 5.95. The van der Waals surface area contributed by atoms with Gasteiger partial charge in [0.25, 0.3) is 0 Å². The number of hydrogen-bond donors (Lipinski definition) is 1.